The van der Waals surface area contributed by atoms with E-state index >= 15 is 0 Å². The molecule has 0 radical (unpaired) electrons. The van der Waals surface area contributed by atoms with E-state index in [1.54, 1.807) is 23.4 Å². The van der Waals surface area contributed by atoms with Crippen LogP contribution in [0, 0.1) is 5.92 Å². The lowest BCUT2D eigenvalue weighted by Gasteiger charge is -2.22. The molecule has 2 aromatic carbocycles. The molecule has 0 spiro atoms. The number of rotatable bonds is 5. The lowest BCUT2D eigenvalue weighted by atomic mass is 9.98. The molecule has 1 saturated heterocycles. The van der Waals surface area contributed by atoms with Gasteiger partial charge in [0.1, 0.15) is 6.33 Å². The normalized spacial score (nSPS) is 19.7. The van der Waals surface area contributed by atoms with Gasteiger partial charge >= 0.3 is 0 Å². The Morgan fingerprint density at radius 2 is 1.85 bits per heavy atom. The number of nitrogens with two attached hydrogens (primary N) is 1. The number of benzene rings is 2. The number of carbonyl (C=O) groups is 2. The summed E-state index contributed by atoms with van der Waals surface area (Å²) in [5, 5.41) is 0. The number of anilines is 3. The van der Waals surface area contributed by atoms with Crippen molar-refractivity contribution in [3.8, 4) is 0 Å². The van der Waals surface area contributed by atoms with Crippen LogP contribution >= 0.6 is 0 Å². The molecule has 2 atom stereocenters. The molecule has 2 amide bonds. The van der Waals surface area contributed by atoms with Gasteiger partial charge in [0, 0.05) is 54.9 Å². The largest absolute Gasteiger partial charge is 0.399 e. The van der Waals surface area contributed by atoms with Crippen LogP contribution < -0.4 is 15.5 Å². The molecule has 33 heavy (non-hydrogen) atoms. The van der Waals surface area contributed by atoms with Gasteiger partial charge < -0.3 is 15.5 Å². The quantitative estimate of drug-likeness (QED) is 0.613. The second kappa shape index (κ2) is 8.65. The topological polar surface area (TPSA) is 92.4 Å². The minimum atomic E-state index is -0.352. The molecule has 5 rings (SSSR count). The molecule has 3 heterocycles. The van der Waals surface area contributed by atoms with Crippen molar-refractivity contribution in [3.63, 3.8) is 0 Å². The zero-order valence-corrected chi connectivity index (χ0v) is 18.6. The minimum Gasteiger partial charge on any atom is -0.399 e. The van der Waals surface area contributed by atoms with Gasteiger partial charge in [-0.25, -0.2) is 9.97 Å². The van der Waals surface area contributed by atoms with E-state index in [9.17, 15) is 9.59 Å². The van der Waals surface area contributed by atoms with Crippen molar-refractivity contribution < 1.29 is 9.59 Å². The highest BCUT2D eigenvalue weighted by Crippen LogP contribution is 2.39. The molecule has 1 fully saturated rings. The van der Waals surface area contributed by atoms with Crippen molar-refractivity contribution in [2.75, 3.05) is 28.6 Å². The standard InChI is InChI=1S/C26H27N5O2/c1-17-14-31(24-8-7-18(9-23(17)24)5-6-19-12-28-16-29-13-19)26(33)20-10-25(32)30(15-20)22-4-2-3-21(27)11-22/h2-4,7-9,11-13,16-17,20H,5-6,10,14-15,27H2,1H3. The van der Waals surface area contributed by atoms with Gasteiger partial charge in [-0.15, -0.1) is 0 Å². The number of nitrogens with zero attached hydrogens (tertiary/aromatic N) is 4. The summed E-state index contributed by atoms with van der Waals surface area (Å²) in [5.74, 6) is -0.109. The van der Waals surface area contributed by atoms with Gasteiger partial charge in [-0.1, -0.05) is 25.1 Å². The Morgan fingerprint density at radius 1 is 1.06 bits per heavy atom. The van der Waals surface area contributed by atoms with E-state index in [0.717, 1.165) is 29.8 Å². The first-order valence-electron chi connectivity index (χ1n) is 11.3. The second-order valence-corrected chi connectivity index (χ2v) is 8.99. The molecule has 168 valence electrons. The average Bonchev–Trinajstić information content (AvgIpc) is 3.38. The van der Waals surface area contributed by atoms with Crippen LogP contribution in [0.3, 0.4) is 0 Å². The molecule has 2 aliphatic heterocycles. The maximum absolute atomic E-state index is 13.4. The molecule has 0 aliphatic carbocycles. The fourth-order valence-electron chi connectivity index (χ4n) is 4.86. The van der Waals surface area contributed by atoms with Crippen LogP contribution in [-0.2, 0) is 22.4 Å². The molecule has 2 unspecified atom stereocenters. The number of carbonyl (C=O) groups excluding carboxylic acids is 2. The minimum absolute atomic E-state index is 0.0227. The highest BCUT2D eigenvalue weighted by Gasteiger charge is 2.40. The summed E-state index contributed by atoms with van der Waals surface area (Å²) < 4.78 is 0. The summed E-state index contributed by atoms with van der Waals surface area (Å²) in [6, 6.07) is 13.6. The molecule has 3 aromatic rings. The molecular formula is C26H27N5O2. The third kappa shape index (κ3) is 4.18. The van der Waals surface area contributed by atoms with Crippen molar-refractivity contribution >= 4 is 28.9 Å². The maximum Gasteiger partial charge on any atom is 0.232 e. The number of amides is 2. The van der Waals surface area contributed by atoms with Gasteiger partial charge in [0.25, 0.3) is 0 Å². The van der Waals surface area contributed by atoms with Gasteiger partial charge in [-0.2, -0.15) is 0 Å². The van der Waals surface area contributed by atoms with E-state index in [4.69, 9.17) is 5.73 Å². The van der Waals surface area contributed by atoms with Gasteiger partial charge in [-0.3, -0.25) is 9.59 Å². The number of aryl methyl sites for hydroxylation is 2. The third-order valence-corrected chi connectivity index (χ3v) is 6.61. The van der Waals surface area contributed by atoms with Crippen LogP contribution in [0.5, 0.6) is 0 Å². The fraction of sp³-hybridized carbons (Fsp3) is 0.308. The van der Waals surface area contributed by atoms with E-state index in [2.05, 4.69) is 35.1 Å². The summed E-state index contributed by atoms with van der Waals surface area (Å²) in [5.41, 5.74) is 11.7. The summed E-state index contributed by atoms with van der Waals surface area (Å²) in [6.45, 7) is 3.19. The molecule has 7 nitrogen and oxygen atoms in total. The summed E-state index contributed by atoms with van der Waals surface area (Å²) in [6.07, 6.45) is 7.23. The van der Waals surface area contributed by atoms with Crippen molar-refractivity contribution in [2.24, 2.45) is 5.92 Å². The zero-order chi connectivity index (χ0) is 22.9. The third-order valence-electron chi connectivity index (χ3n) is 6.61. The smallest absolute Gasteiger partial charge is 0.232 e. The Balaban J connectivity index is 1.30. The Labute approximate surface area is 193 Å². The van der Waals surface area contributed by atoms with Gasteiger partial charge in [-0.05, 0) is 53.8 Å². The van der Waals surface area contributed by atoms with Crippen LogP contribution in [0.15, 0.2) is 61.2 Å². The van der Waals surface area contributed by atoms with E-state index in [-0.39, 0.29) is 30.1 Å². The van der Waals surface area contributed by atoms with E-state index in [1.165, 1.54) is 11.1 Å². The molecule has 2 N–H and O–H groups in total. The molecular weight excluding hydrogens is 414 g/mol. The predicted molar refractivity (Wildman–Crippen MR) is 128 cm³/mol. The first-order valence-corrected chi connectivity index (χ1v) is 11.3. The van der Waals surface area contributed by atoms with Crippen molar-refractivity contribution in [3.05, 3.63) is 77.9 Å². The fourth-order valence-corrected chi connectivity index (χ4v) is 4.86. The lowest BCUT2D eigenvalue weighted by Crippen LogP contribution is -2.36. The molecule has 0 saturated carbocycles. The maximum atomic E-state index is 13.4. The molecule has 2 aliphatic rings. The first kappa shape index (κ1) is 21.1. The summed E-state index contributed by atoms with van der Waals surface area (Å²) in [7, 11) is 0. The SMILES string of the molecule is CC1CN(C(=O)C2CC(=O)N(c3cccc(N)c3)C2)c2ccc(CCc3cncnc3)cc21. The monoisotopic (exact) mass is 441 g/mol. The number of fused-ring (bicyclic) bond motifs is 1. The van der Waals surface area contributed by atoms with Crippen LogP contribution in [0.4, 0.5) is 17.1 Å². The number of hydrogen-bond donors (Lipinski definition) is 1. The zero-order valence-electron chi connectivity index (χ0n) is 18.6. The lowest BCUT2D eigenvalue weighted by molar-refractivity contribution is -0.124. The van der Waals surface area contributed by atoms with Crippen LogP contribution in [-0.4, -0.2) is 34.9 Å². The Kier molecular flexibility index (Phi) is 5.54. The molecule has 0 bridgehead atoms. The predicted octanol–water partition coefficient (Wildman–Crippen LogP) is 3.35. The number of hydrogen-bond acceptors (Lipinski definition) is 5. The van der Waals surface area contributed by atoms with Gasteiger partial charge in [0.2, 0.25) is 11.8 Å². The molecule has 7 heteroatoms. The Bertz CT molecular complexity index is 1200. The number of nitrogen functional groups attached to an aromatic ring is 1. The number of aromatic nitrogens is 2. The Morgan fingerprint density at radius 3 is 2.64 bits per heavy atom. The van der Waals surface area contributed by atoms with Crippen molar-refractivity contribution in [2.45, 2.75) is 32.1 Å². The van der Waals surface area contributed by atoms with Crippen molar-refractivity contribution in [1.82, 2.24) is 9.97 Å². The second-order valence-electron chi connectivity index (χ2n) is 8.99. The summed E-state index contributed by atoms with van der Waals surface area (Å²) in [4.78, 5) is 37.8. The first-order chi connectivity index (χ1) is 16.0. The summed E-state index contributed by atoms with van der Waals surface area (Å²) >= 11 is 0. The van der Waals surface area contributed by atoms with E-state index in [1.807, 2.05) is 29.4 Å². The highest BCUT2D eigenvalue weighted by atomic mass is 16.2. The van der Waals surface area contributed by atoms with E-state index < -0.39 is 0 Å². The van der Waals surface area contributed by atoms with E-state index in [0.29, 0.717) is 18.8 Å². The Hall–Kier alpha value is -3.74. The average molecular weight is 442 g/mol. The highest BCUT2D eigenvalue weighted by molar-refractivity contribution is 6.05. The van der Waals surface area contributed by atoms with Gasteiger partial charge in [0.05, 0.1) is 5.92 Å². The molecule has 1 aromatic heterocycles. The van der Waals surface area contributed by atoms with Gasteiger partial charge in [0.15, 0.2) is 0 Å². The van der Waals surface area contributed by atoms with Crippen LogP contribution in [0.2, 0.25) is 0 Å². The van der Waals surface area contributed by atoms with Crippen molar-refractivity contribution in [1.29, 1.82) is 0 Å². The van der Waals surface area contributed by atoms with Crippen LogP contribution in [0.25, 0.3) is 0 Å². The van der Waals surface area contributed by atoms with Crippen LogP contribution in [0.1, 0.15) is 36.0 Å².